The third-order valence-corrected chi connectivity index (χ3v) is 2.63. The fraction of sp³-hybridized carbons (Fsp3) is 0.273. The van der Waals surface area contributed by atoms with Crippen molar-refractivity contribution < 1.29 is 9.50 Å². The summed E-state index contributed by atoms with van der Waals surface area (Å²) >= 11 is 5.91. The minimum Gasteiger partial charge on any atom is -0.394 e. The fourth-order valence-corrected chi connectivity index (χ4v) is 1.63. The summed E-state index contributed by atoms with van der Waals surface area (Å²) in [6, 6.07) is 4.10. The topological polar surface area (TPSA) is 63.0 Å². The van der Waals surface area contributed by atoms with Crippen LogP contribution in [0.15, 0.2) is 24.4 Å². The number of aromatic nitrogens is 3. The number of aliphatic hydroxyl groups is 1. The van der Waals surface area contributed by atoms with Gasteiger partial charge in [-0.15, -0.1) is 5.10 Å². The first-order valence-corrected chi connectivity index (χ1v) is 5.75. The number of hydrogen-bond acceptors (Lipinski definition) is 4. The van der Waals surface area contributed by atoms with Crippen LogP contribution in [-0.4, -0.2) is 26.7 Å². The molecule has 0 aliphatic rings. The molecule has 0 amide bonds. The van der Waals surface area contributed by atoms with Crippen LogP contribution in [0.25, 0.3) is 0 Å². The van der Waals surface area contributed by atoms with Gasteiger partial charge in [0.05, 0.1) is 36.6 Å². The normalized spacial score (nSPS) is 10.6. The van der Waals surface area contributed by atoms with Gasteiger partial charge in [0.1, 0.15) is 11.5 Å². The number of nitrogens with zero attached hydrogens (tertiary/aromatic N) is 3. The predicted octanol–water partition coefficient (Wildman–Crippen LogP) is 1.67. The van der Waals surface area contributed by atoms with Gasteiger partial charge in [0, 0.05) is 0 Å². The molecular weight excluding hydrogens is 259 g/mol. The standard InChI is InChI=1S/C11H12ClFN4O/c12-10-2-1-8(13)5-11(10)14-6-9-7-17(3-4-18)16-15-9/h1-2,5,7,14,18H,3-4,6H2. The molecule has 0 bridgehead atoms. The molecule has 1 aromatic carbocycles. The van der Waals surface area contributed by atoms with Crippen molar-refractivity contribution in [1.82, 2.24) is 15.0 Å². The SMILES string of the molecule is OCCn1cc(CNc2cc(F)ccc2Cl)nn1. The molecule has 0 aliphatic heterocycles. The third-order valence-electron chi connectivity index (χ3n) is 2.30. The average Bonchev–Trinajstić information content (AvgIpc) is 2.79. The number of anilines is 1. The molecule has 0 atom stereocenters. The van der Waals surface area contributed by atoms with Crippen LogP contribution in [0.3, 0.4) is 0 Å². The smallest absolute Gasteiger partial charge is 0.125 e. The number of nitrogens with one attached hydrogen (secondary N) is 1. The highest BCUT2D eigenvalue weighted by molar-refractivity contribution is 6.33. The van der Waals surface area contributed by atoms with Gasteiger partial charge in [-0.25, -0.2) is 9.07 Å². The first kappa shape index (κ1) is 12.8. The maximum Gasteiger partial charge on any atom is 0.125 e. The van der Waals surface area contributed by atoms with Gasteiger partial charge in [0.25, 0.3) is 0 Å². The van der Waals surface area contributed by atoms with E-state index in [-0.39, 0.29) is 12.4 Å². The van der Waals surface area contributed by atoms with Crippen molar-refractivity contribution >= 4 is 17.3 Å². The zero-order valence-electron chi connectivity index (χ0n) is 9.48. The molecule has 1 heterocycles. The van der Waals surface area contributed by atoms with Crippen molar-refractivity contribution in [2.45, 2.75) is 13.1 Å². The first-order valence-electron chi connectivity index (χ1n) is 5.38. The van der Waals surface area contributed by atoms with Crippen molar-refractivity contribution in [2.24, 2.45) is 0 Å². The molecule has 0 saturated carbocycles. The number of rotatable bonds is 5. The molecule has 5 nitrogen and oxygen atoms in total. The van der Waals surface area contributed by atoms with Crippen molar-refractivity contribution in [3.8, 4) is 0 Å². The van der Waals surface area contributed by atoms with Crippen LogP contribution in [0, 0.1) is 5.82 Å². The highest BCUT2D eigenvalue weighted by atomic mass is 35.5. The molecule has 2 rings (SSSR count). The van der Waals surface area contributed by atoms with Crippen LogP contribution < -0.4 is 5.32 Å². The Morgan fingerprint density at radius 1 is 1.44 bits per heavy atom. The van der Waals surface area contributed by atoms with Gasteiger partial charge < -0.3 is 10.4 Å². The first-order chi connectivity index (χ1) is 8.69. The van der Waals surface area contributed by atoms with Gasteiger partial charge in [-0.05, 0) is 18.2 Å². The van der Waals surface area contributed by atoms with Gasteiger partial charge in [0.2, 0.25) is 0 Å². The number of aliphatic hydroxyl groups excluding tert-OH is 1. The monoisotopic (exact) mass is 270 g/mol. The zero-order valence-corrected chi connectivity index (χ0v) is 10.2. The summed E-state index contributed by atoms with van der Waals surface area (Å²) in [5.74, 6) is -0.356. The van der Waals surface area contributed by atoms with E-state index in [1.165, 1.54) is 22.9 Å². The van der Waals surface area contributed by atoms with Gasteiger partial charge in [-0.2, -0.15) is 0 Å². The highest BCUT2D eigenvalue weighted by Gasteiger charge is 2.04. The highest BCUT2D eigenvalue weighted by Crippen LogP contribution is 2.22. The Bertz CT molecular complexity index is 532. The lowest BCUT2D eigenvalue weighted by molar-refractivity contribution is 0.268. The number of benzene rings is 1. The number of hydrogen-bond donors (Lipinski definition) is 2. The minimum absolute atomic E-state index is 0.00591. The summed E-state index contributed by atoms with van der Waals surface area (Å²) in [6.07, 6.45) is 1.70. The summed E-state index contributed by atoms with van der Waals surface area (Å²) in [6.45, 7) is 0.786. The van der Waals surface area contributed by atoms with Gasteiger partial charge in [-0.1, -0.05) is 16.8 Å². The summed E-state index contributed by atoms with van der Waals surface area (Å²) in [7, 11) is 0. The van der Waals surface area contributed by atoms with Crippen LogP contribution in [-0.2, 0) is 13.1 Å². The lowest BCUT2D eigenvalue weighted by Crippen LogP contribution is -2.02. The van der Waals surface area contributed by atoms with Crippen molar-refractivity contribution in [3.63, 3.8) is 0 Å². The summed E-state index contributed by atoms with van der Waals surface area (Å²) in [5, 5.41) is 19.9. The van der Waals surface area contributed by atoms with Crippen LogP contribution in [0.4, 0.5) is 10.1 Å². The zero-order chi connectivity index (χ0) is 13.0. The molecule has 0 unspecified atom stereocenters. The Balaban J connectivity index is 1.99. The van der Waals surface area contributed by atoms with E-state index in [4.69, 9.17) is 16.7 Å². The molecule has 1 aromatic heterocycles. The summed E-state index contributed by atoms with van der Waals surface area (Å²) in [5.41, 5.74) is 1.19. The second kappa shape index (κ2) is 5.79. The Morgan fingerprint density at radius 3 is 3.06 bits per heavy atom. The van der Waals surface area contributed by atoms with E-state index in [1.807, 2.05) is 0 Å². The lowest BCUT2D eigenvalue weighted by atomic mass is 10.3. The van der Waals surface area contributed by atoms with E-state index in [9.17, 15) is 4.39 Å². The molecule has 2 N–H and O–H groups in total. The Morgan fingerprint density at radius 2 is 2.28 bits per heavy atom. The molecular formula is C11H12ClFN4O. The van der Waals surface area contributed by atoms with Gasteiger partial charge in [-0.3, -0.25) is 0 Å². The quantitative estimate of drug-likeness (QED) is 0.868. The van der Waals surface area contributed by atoms with Crippen LogP contribution in [0.1, 0.15) is 5.69 Å². The predicted molar refractivity (Wildman–Crippen MR) is 65.8 cm³/mol. The molecule has 0 saturated heterocycles. The van der Waals surface area contributed by atoms with Crippen LogP contribution in [0.5, 0.6) is 0 Å². The summed E-state index contributed by atoms with van der Waals surface area (Å²) in [4.78, 5) is 0. The van der Waals surface area contributed by atoms with Crippen molar-refractivity contribution in [2.75, 3.05) is 11.9 Å². The molecule has 0 fully saturated rings. The van der Waals surface area contributed by atoms with E-state index in [0.717, 1.165) is 0 Å². The second-order valence-electron chi connectivity index (χ2n) is 3.67. The van der Waals surface area contributed by atoms with E-state index in [0.29, 0.717) is 29.5 Å². The molecule has 18 heavy (non-hydrogen) atoms. The molecule has 0 spiro atoms. The molecule has 0 radical (unpaired) electrons. The van der Waals surface area contributed by atoms with Gasteiger partial charge >= 0.3 is 0 Å². The second-order valence-corrected chi connectivity index (χ2v) is 4.08. The molecule has 0 aliphatic carbocycles. The van der Waals surface area contributed by atoms with Crippen molar-refractivity contribution in [3.05, 3.63) is 40.9 Å². The largest absolute Gasteiger partial charge is 0.394 e. The van der Waals surface area contributed by atoms with Crippen LogP contribution in [0.2, 0.25) is 5.02 Å². The maximum atomic E-state index is 13.0. The van der Waals surface area contributed by atoms with E-state index >= 15 is 0 Å². The van der Waals surface area contributed by atoms with E-state index in [2.05, 4.69) is 15.6 Å². The third kappa shape index (κ3) is 3.18. The molecule has 2 aromatic rings. The van der Waals surface area contributed by atoms with Crippen LogP contribution >= 0.6 is 11.6 Å². The summed E-state index contributed by atoms with van der Waals surface area (Å²) < 4.78 is 14.6. The van der Waals surface area contributed by atoms with Crippen molar-refractivity contribution in [1.29, 1.82) is 0 Å². The van der Waals surface area contributed by atoms with E-state index in [1.54, 1.807) is 6.20 Å². The Hall–Kier alpha value is -1.66. The molecule has 7 heteroatoms. The molecule has 96 valence electrons. The average molecular weight is 271 g/mol. The Labute approximate surface area is 108 Å². The maximum absolute atomic E-state index is 13.0. The fourth-order valence-electron chi connectivity index (χ4n) is 1.45. The van der Waals surface area contributed by atoms with Gasteiger partial charge in [0.15, 0.2) is 0 Å². The Kier molecular flexibility index (Phi) is 4.11. The minimum atomic E-state index is -0.356. The van der Waals surface area contributed by atoms with E-state index < -0.39 is 0 Å². The number of halogens is 2. The lowest BCUT2D eigenvalue weighted by Gasteiger charge is -2.06.